The third-order valence-corrected chi connectivity index (χ3v) is 5.69. The Balaban J connectivity index is 1.52. The first-order chi connectivity index (χ1) is 10.7. The van der Waals surface area contributed by atoms with Crippen molar-refractivity contribution in [3.63, 3.8) is 0 Å². The topological polar surface area (TPSA) is 36.4 Å². The van der Waals surface area contributed by atoms with Crippen LogP contribution < -0.4 is 4.90 Å². The zero-order chi connectivity index (χ0) is 15.2. The van der Waals surface area contributed by atoms with Crippen LogP contribution in [0.2, 0.25) is 5.02 Å². The van der Waals surface area contributed by atoms with Crippen molar-refractivity contribution in [3.05, 3.63) is 23.4 Å². The lowest BCUT2D eigenvalue weighted by molar-refractivity contribution is -0.145. The van der Waals surface area contributed by atoms with E-state index in [-0.39, 0.29) is 5.41 Å². The number of rotatable bonds is 3. The summed E-state index contributed by atoms with van der Waals surface area (Å²) in [6.45, 7) is 3.57. The van der Waals surface area contributed by atoms with Crippen molar-refractivity contribution in [3.8, 4) is 0 Å². The maximum Gasteiger partial charge on any atom is 0.230 e. The van der Waals surface area contributed by atoms with E-state index < -0.39 is 0 Å². The number of hydrogen-bond donors (Lipinski definition) is 0. The number of carbonyl (C=O) groups excluding carboxylic acids is 1. The first-order valence-corrected chi connectivity index (χ1v) is 8.71. The molecule has 2 saturated heterocycles. The van der Waals surface area contributed by atoms with E-state index in [1.807, 2.05) is 12.1 Å². The Kier molecular flexibility index (Phi) is 3.52. The minimum absolute atomic E-state index is 0.200. The predicted molar refractivity (Wildman–Crippen MR) is 87.0 cm³/mol. The lowest BCUT2D eigenvalue weighted by Gasteiger charge is -2.39. The molecule has 0 unspecified atom stereocenters. The third kappa shape index (κ3) is 2.47. The summed E-state index contributed by atoms with van der Waals surface area (Å²) in [4.78, 5) is 21.8. The van der Waals surface area contributed by atoms with Gasteiger partial charge in [0.15, 0.2) is 0 Å². The van der Waals surface area contributed by atoms with E-state index in [1.54, 1.807) is 6.20 Å². The van der Waals surface area contributed by atoms with Gasteiger partial charge in [-0.1, -0.05) is 11.6 Å². The van der Waals surface area contributed by atoms with Gasteiger partial charge in [0.1, 0.15) is 5.82 Å². The predicted octanol–water partition coefficient (Wildman–Crippen LogP) is 2.96. The molecule has 0 radical (unpaired) electrons. The minimum Gasteiger partial charge on any atom is -0.354 e. The second kappa shape index (κ2) is 5.41. The minimum atomic E-state index is -0.200. The van der Waals surface area contributed by atoms with Crippen LogP contribution in [0.5, 0.6) is 0 Å². The summed E-state index contributed by atoms with van der Waals surface area (Å²) < 4.78 is 0. The Morgan fingerprint density at radius 1 is 1.32 bits per heavy atom. The molecule has 5 heteroatoms. The Morgan fingerprint density at radius 2 is 2.18 bits per heavy atom. The maximum atomic E-state index is 13.0. The molecule has 0 aromatic carbocycles. The van der Waals surface area contributed by atoms with Crippen LogP contribution in [0, 0.1) is 11.3 Å². The van der Waals surface area contributed by atoms with E-state index in [0.717, 1.165) is 57.2 Å². The monoisotopic (exact) mass is 319 g/mol. The first-order valence-electron chi connectivity index (χ1n) is 8.33. The van der Waals surface area contributed by atoms with Crippen LogP contribution in [0.25, 0.3) is 0 Å². The van der Waals surface area contributed by atoms with Crippen molar-refractivity contribution in [1.29, 1.82) is 0 Å². The van der Waals surface area contributed by atoms with Gasteiger partial charge in [-0.05, 0) is 50.2 Å². The number of nitrogens with zero attached hydrogens (tertiary/aromatic N) is 3. The molecule has 0 N–H and O–H groups in total. The van der Waals surface area contributed by atoms with Crippen molar-refractivity contribution < 1.29 is 4.79 Å². The van der Waals surface area contributed by atoms with Gasteiger partial charge < -0.3 is 9.80 Å². The summed E-state index contributed by atoms with van der Waals surface area (Å²) in [5, 5.41) is 0.678. The number of likely N-dealkylation sites (tertiary alicyclic amines) is 1. The molecule has 1 atom stereocenters. The fourth-order valence-corrected chi connectivity index (χ4v) is 4.22. The SMILES string of the molecule is O=C1N(CC2CC2)CCC[C@]12CCN(c1ncccc1Cl)C2. The zero-order valence-electron chi connectivity index (χ0n) is 12.8. The number of amides is 1. The number of hydrogen-bond acceptors (Lipinski definition) is 3. The van der Waals surface area contributed by atoms with Gasteiger partial charge in [0, 0.05) is 32.4 Å². The molecular weight excluding hydrogens is 298 g/mol. The lowest BCUT2D eigenvalue weighted by Crippen LogP contribution is -2.50. The summed E-state index contributed by atoms with van der Waals surface area (Å²) in [7, 11) is 0. The average molecular weight is 320 g/mol. The maximum absolute atomic E-state index is 13.0. The van der Waals surface area contributed by atoms with Crippen molar-refractivity contribution in [2.45, 2.75) is 32.1 Å². The molecule has 3 fully saturated rings. The fourth-order valence-electron chi connectivity index (χ4n) is 3.98. The molecule has 22 heavy (non-hydrogen) atoms. The van der Waals surface area contributed by atoms with Crippen molar-refractivity contribution in [2.24, 2.45) is 11.3 Å². The Labute approximate surface area is 136 Å². The van der Waals surface area contributed by atoms with Gasteiger partial charge >= 0.3 is 0 Å². The van der Waals surface area contributed by atoms with E-state index in [1.165, 1.54) is 12.8 Å². The summed E-state index contributed by atoms with van der Waals surface area (Å²) in [6, 6.07) is 3.72. The highest BCUT2D eigenvalue weighted by atomic mass is 35.5. The van der Waals surface area contributed by atoms with Gasteiger partial charge in [-0.15, -0.1) is 0 Å². The van der Waals surface area contributed by atoms with Gasteiger partial charge in [-0.3, -0.25) is 4.79 Å². The summed E-state index contributed by atoms with van der Waals surface area (Å²) in [6.07, 6.45) is 7.43. The lowest BCUT2D eigenvalue weighted by atomic mass is 9.78. The fraction of sp³-hybridized carbons (Fsp3) is 0.647. The van der Waals surface area contributed by atoms with Crippen LogP contribution in [0.4, 0.5) is 5.82 Å². The molecule has 2 aliphatic heterocycles. The molecule has 1 amide bonds. The molecule has 4 rings (SSSR count). The number of carbonyl (C=O) groups is 1. The summed E-state index contributed by atoms with van der Waals surface area (Å²) in [5.41, 5.74) is -0.200. The molecular formula is C17H22ClN3O. The van der Waals surface area contributed by atoms with E-state index >= 15 is 0 Å². The Hall–Kier alpha value is -1.29. The Morgan fingerprint density at radius 3 is 2.95 bits per heavy atom. The van der Waals surface area contributed by atoms with Crippen LogP contribution in [0.15, 0.2) is 18.3 Å². The average Bonchev–Trinajstić information content (AvgIpc) is 3.24. The van der Waals surface area contributed by atoms with Crippen LogP contribution in [-0.4, -0.2) is 42.0 Å². The first kappa shape index (κ1) is 14.3. The van der Waals surface area contributed by atoms with Gasteiger partial charge in [-0.25, -0.2) is 4.98 Å². The molecule has 1 aromatic rings. The molecule has 1 aliphatic carbocycles. The number of piperidine rings is 1. The van der Waals surface area contributed by atoms with Crippen LogP contribution in [-0.2, 0) is 4.79 Å². The van der Waals surface area contributed by atoms with Gasteiger partial charge in [0.2, 0.25) is 5.91 Å². The van der Waals surface area contributed by atoms with Crippen LogP contribution in [0.1, 0.15) is 32.1 Å². The third-order valence-electron chi connectivity index (χ3n) is 5.39. The van der Waals surface area contributed by atoms with Crippen molar-refractivity contribution in [2.75, 3.05) is 31.1 Å². The highest BCUT2D eigenvalue weighted by molar-refractivity contribution is 6.32. The highest BCUT2D eigenvalue weighted by Crippen LogP contribution is 2.43. The number of halogens is 1. The van der Waals surface area contributed by atoms with E-state index in [2.05, 4.69) is 14.8 Å². The molecule has 3 heterocycles. The normalized spacial score (nSPS) is 28.7. The Bertz CT molecular complexity index is 589. The van der Waals surface area contributed by atoms with Crippen molar-refractivity contribution in [1.82, 2.24) is 9.88 Å². The standard InChI is InChI=1S/C17H22ClN3O/c18-14-3-1-8-19-15(14)21-10-7-17(12-21)6-2-9-20(16(17)22)11-13-4-5-13/h1,3,8,13H,2,4-7,9-12H2/t17-/m1/s1. The molecule has 1 aromatic heterocycles. The molecule has 0 bridgehead atoms. The molecule has 118 valence electrons. The van der Waals surface area contributed by atoms with Crippen molar-refractivity contribution >= 4 is 23.3 Å². The summed E-state index contributed by atoms with van der Waals surface area (Å²) in [5.74, 6) is 1.97. The van der Waals surface area contributed by atoms with Gasteiger partial charge in [0.05, 0.1) is 10.4 Å². The molecule has 4 nitrogen and oxygen atoms in total. The van der Waals surface area contributed by atoms with Gasteiger partial charge in [-0.2, -0.15) is 0 Å². The second-order valence-electron chi connectivity index (χ2n) is 7.06. The number of aromatic nitrogens is 1. The van der Waals surface area contributed by atoms with E-state index in [0.29, 0.717) is 10.9 Å². The number of pyridine rings is 1. The number of anilines is 1. The largest absolute Gasteiger partial charge is 0.354 e. The highest BCUT2D eigenvalue weighted by Gasteiger charge is 2.49. The zero-order valence-corrected chi connectivity index (χ0v) is 13.6. The van der Waals surface area contributed by atoms with Crippen LogP contribution in [0.3, 0.4) is 0 Å². The summed E-state index contributed by atoms with van der Waals surface area (Å²) >= 11 is 6.27. The van der Waals surface area contributed by atoms with Gasteiger partial charge in [0.25, 0.3) is 0 Å². The quantitative estimate of drug-likeness (QED) is 0.859. The smallest absolute Gasteiger partial charge is 0.230 e. The second-order valence-corrected chi connectivity index (χ2v) is 7.47. The molecule has 3 aliphatic rings. The van der Waals surface area contributed by atoms with E-state index in [4.69, 9.17) is 11.6 Å². The van der Waals surface area contributed by atoms with E-state index in [9.17, 15) is 4.79 Å². The van der Waals surface area contributed by atoms with Crippen LogP contribution >= 0.6 is 11.6 Å². The molecule has 1 spiro atoms. The molecule has 1 saturated carbocycles.